The molecule has 2 unspecified atom stereocenters. The Morgan fingerprint density at radius 1 is 1.35 bits per heavy atom. The first-order valence-corrected chi connectivity index (χ1v) is 6.86. The van der Waals surface area contributed by atoms with Crippen molar-refractivity contribution in [3.63, 3.8) is 0 Å². The molecule has 0 bridgehead atoms. The summed E-state index contributed by atoms with van der Waals surface area (Å²) in [6, 6.07) is 8.25. The van der Waals surface area contributed by atoms with E-state index in [-0.39, 0.29) is 11.8 Å². The minimum Gasteiger partial charge on any atom is -0.481 e. The zero-order valence-corrected chi connectivity index (χ0v) is 11.4. The van der Waals surface area contributed by atoms with Crippen molar-refractivity contribution in [2.75, 3.05) is 0 Å². The average molecular weight is 277 g/mol. The predicted octanol–water partition coefficient (Wildman–Crippen LogP) is 1.82. The summed E-state index contributed by atoms with van der Waals surface area (Å²) >= 11 is 0. The van der Waals surface area contributed by atoms with Gasteiger partial charge in [0.05, 0.1) is 0 Å². The second kappa shape index (κ2) is 6.41. The van der Waals surface area contributed by atoms with Gasteiger partial charge in [0, 0.05) is 0 Å². The van der Waals surface area contributed by atoms with E-state index in [4.69, 9.17) is 9.84 Å². The van der Waals surface area contributed by atoms with Crippen molar-refractivity contribution >= 4 is 11.9 Å². The van der Waals surface area contributed by atoms with Crippen LogP contribution < -0.4 is 10.1 Å². The number of aliphatic carboxylic acids is 1. The molecule has 1 aliphatic rings. The van der Waals surface area contributed by atoms with Crippen molar-refractivity contribution < 1.29 is 19.4 Å². The Morgan fingerprint density at radius 3 is 2.50 bits per heavy atom. The highest BCUT2D eigenvalue weighted by Crippen LogP contribution is 2.32. The van der Waals surface area contributed by atoms with Crippen molar-refractivity contribution in [3.05, 3.63) is 30.3 Å². The number of para-hydroxylation sites is 1. The fourth-order valence-electron chi connectivity index (χ4n) is 2.04. The van der Waals surface area contributed by atoms with E-state index in [1.807, 2.05) is 25.1 Å². The number of rotatable bonds is 7. The fraction of sp³-hybridized carbons (Fsp3) is 0.467. The van der Waals surface area contributed by atoms with Crippen molar-refractivity contribution in [3.8, 4) is 5.75 Å². The molecule has 1 fully saturated rings. The number of benzene rings is 1. The van der Waals surface area contributed by atoms with E-state index in [1.165, 1.54) is 0 Å². The molecule has 1 amide bonds. The lowest BCUT2D eigenvalue weighted by Gasteiger charge is -2.20. The summed E-state index contributed by atoms with van der Waals surface area (Å²) in [5, 5.41) is 11.7. The molecule has 0 aliphatic heterocycles. The molecule has 1 aliphatic carbocycles. The number of ether oxygens (including phenoxy) is 1. The molecule has 108 valence electrons. The molecule has 1 saturated carbocycles. The Kier molecular flexibility index (Phi) is 4.61. The lowest BCUT2D eigenvalue weighted by Crippen LogP contribution is -2.48. The number of carbonyl (C=O) groups excluding carboxylic acids is 1. The molecule has 0 heterocycles. The van der Waals surface area contributed by atoms with Crippen LogP contribution in [0, 0.1) is 5.92 Å². The monoisotopic (exact) mass is 277 g/mol. The third kappa shape index (κ3) is 3.73. The molecule has 5 nitrogen and oxygen atoms in total. The Morgan fingerprint density at radius 2 is 2.00 bits per heavy atom. The normalized spacial score (nSPS) is 17.1. The lowest BCUT2D eigenvalue weighted by molar-refractivity contribution is -0.143. The first-order valence-electron chi connectivity index (χ1n) is 6.86. The van der Waals surface area contributed by atoms with Crippen LogP contribution in [-0.2, 0) is 9.59 Å². The van der Waals surface area contributed by atoms with Gasteiger partial charge < -0.3 is 15.2 Å². The highest BCUT2D eigenvalue weighted by atomic mass is 16.5. The minimum absolute atomic E-state index is 0.0608. The largest absolute Gasteiger partial charge is 0.481 e. The van der Waals surface area contributed by atoms with Gasteiger partial charge in [-0.2, -0.15) is 0 Å². The van der Waals surface area contributed by atoms with Gasteiger partial charge in [-0.3, -0.25) is 4.79 Å². The summed E-state index contributed by atoms with van der Waals surface area (Å²) in [7, 11) is 0. The van der Waals surface area contributed by atoms with Gasteiger partial charge in [-0.25, -0.2) is 4.79 Å². The molecule has 0 radical (unpaired) electrons. The molecule has 0 spiro atoms. The molecular weight excluding hydrogens is 258 g/mol. The SMILES string of the molecule is CCC(Oc1ccccc1)C(=O)NC(C(=O)O)C1CC1. The summed E-state index contributed by atoms with van der Waals surface area (Å²) in [5.41, 5.74) is 0. The Bertz CT molecular complexity index is 470. The van der Waals surface area contributed by atoms with Gasteiger partial charge in [0.1, 0.15) is 11.8 Å². The molecule has 20 heavy (non-hydrogen) atoms. The van der Waals surface area contributed by atoms with Gasteiger partial charge in [-0.15, -0.1) is 0 Å². The van der Waals surface area contributed by atoms with Crippen LogP contribution in [0.15, 0.2) is 30.3 Å². The Labute approximate surface area is 117 Å². The second-order valence-corrected chi connectivity index (χ2v) is 4.99. The number of amides is 1. The van der Waals surface area contributed by atoms with Gasteiger partial charge >= 0.3 is 5.97 Å². The molecule has 0 aromatic heterocycles. The van der Waals surface area contributed by atoms with Crippen LogP contribution in [0.4, 0.5) is 0 Å². The predicted molar refractivity (Wildman–Crippen MR) is 73.4 cm³/mol. The van der Waals surface area contributed by atoms with Crippen molar-refractivity contribution in [2.45, 2.75) is 38.3 Å². The second-order valence-electron chi connectivity index (χ2n) is 4.99. The summed E-state index contributed by atoms with van der Waals surface area (Å²) in [6.45, 7) is 1.83. The van der Waals surface area contributed by atoms with Crippen LogP contribution in [0.3, 0.4) is 0 Å². The summed E-state index contributed by atoms with van der Waals surface area (Å²) in [4.78, 5) is 23.3. The average Bonchev–Trinajstić information content (AvgIpc) is 3.27. The Hall–Kier alpha value is -2.04. The van der Waals surface area contributed by atoms with E-state index in [0.717, 1.165) is 12.8 Å². The number of hydrogen-bond acceptors (Lipinski definition) is 3. The molecular formula is C15H19NO4. The first kappa shape index (κ1) is 14.4. The van der Waals surface area contributed by atoms with Crippen molar-refractivity contribution in [2.24, 2.45) is 5.92 Å². The quantitative estimate of drug-likeness (QED) is 0.797. The van der Waals surface area contributed by atoms with E-state index in [2.05, 4.69) is 5.32 Å². The zero-order chi connectivity index (χ0) is 14.5. The third-order valence-corrected chi connectivity index (χ3v) is 3.34. The molecule has 2 N–H and O–H groups in total. The van der Waals surface area contributed by atoms with Crippen LogP contribution in [0.2, 0.25) is 0 Å². The smallest absolute Gasteiger partial charge is 0.326 e. The number of nitrogens with one attached hydrogen (secondary N) is 1. The van der Waals surface area contributed by atoms with Crippen LogP contribution in [0.25, 0.3) is 0 Å². The maximum absolute atomic E-state index is 12.1. The minimum atomic E-state index is -0.976. The van der Waals surface area contributed by atoms with Gasteiger partial charge in [-0.1, -0.05) is 25.1 Å². The first-order chi connectivity index (χ1) is 9.61. The molecule has 0 saturated heterocycles. The van der Waals surface area contributed by atoms with E-state index < -0.39 is 18.1 Å². The highest BCUT2D eigenvalue weighted by Gasteiger charge is 2.38. The summed E-state index contributed by atoms with van der Waals surface area (Å²) in [6.07, 6.45) is 1.52. The fourth-order valence-corrected chi connectivity index (χ4v) is 2.04. The number of carboxylic acids is 1. The molecule has 2 rings (SSSR count). The van der Waals surface area contributed by atoms with E-state index in [9.17, 15) is 9.59 Å². The van der Waals surface area contributed by atoms with Crippen LogP contribution in [-0.4, -0.2) is 29.1 Å². The summed E-state index contributed by atoms with van der Waals surface area (Å²) in [5.74, 6) is -0.676. The van der Waals surface area contributed by atoms with Gasteiger partial charge in [0.15, 0.2) is 6.10 Å². The van der Waals surface area contributed by atoms with Crippen molar-refractivity contribution in [1.29, 1.82) is 0 Å². The topological polar surface area (TPSA) is 75.6 Å². The van der Waals surface area contributed by atoms with Crippen LogP contribution >= 0.6 is 0 Å². The highest BCUT2D eigenvalue weighted by molar-refractivity contribution is 5.86. The Balaban J connectivity index is 1.96. The zero-order valence-electron chi connectivity index (χ0n) is 11.4. The van der Waals surface area contributed by atoms with Crippen molar-refractivity contribution in [1.82, 2.24) is 5.32 Å². The van der Waals surface area contributed by atoms with E-state index >= 15 is 0 Å². The van der Waals surface area contributed by atoms with Gasteiger partial charge in [0.25, 0.3) is 5.91 Å². The molecule has 5 heteroatoms. The van der Waals surface area contributed by atoms with Gasteiger partial charge in [0.2, 0.25) is 0 Å². The number of carboxylic acid groups (broad SMARTS) is 1. The standard InChI is InChI=1S/C15H19NO4/c1-2-12(20-11-6-4-3-5-7-11)14(17)16-13(15(18)19)10-8-9-10/h3-7,10,12-13H,2,8-9H2,1H3,(H,16,17)(H,18,19). The van der Waals surface area contributed by atoms with E-state index in [1.54, 1.807) is 12.1 Å². The van der Waals surface area contributed by atoms with Crippen LogP contribution in [0.1, 0.15) is 26.2 Å². The molecule has 1 aromatic carbocycles. The van der Waals surface area contributed by atoms with Gasteiger partial charge in [-0.05, 0) is 37.3 Å². The molecule has 1 aromatic rings. The van der Waals surface area contributed by atoms with Crippen LogP contribution in [0.5, 0.6) is 5.75 Å². The number of hydrogen-bond donors (Lipinski definition) is 2. The molecule has 2 atom stereocenters. The maximum Gasteiger partial charge on any atom is 0.326 e. The number of carbonyl (C=O) groups is 2. The van der Waals surface area contributed by atoms with E-state index in [0.29, 0.717) is 12.2 Å². The summed E-state index contributed by atoms with van der Waals surface area (Å²) < 4.78 is 5.60. The maximum atomic E-state index is 12.1. The lowest BCUT2D eigenvalue weighted by atomic mass is 10.1. The third-order valence-electron chi connectivity index (χ3n) is 3.34.